The lowest BCUT2D eigenvalue weighted by Gasteiger charge is -2.18. The van der Waals surface area contributed by atoms with Gasteiger partial charge in [-0.15, -0.1) is 0 Å². The molecule has 0 fully saturated rings. The van der Waals surface area contributed by atoms with Crippen LogP contribution in [0.15, 0.2) is 79.3 Å². The second kappa shape index (κ2) is 9.24. The van der Waals surface area contributed by atoms with E-state index in [2.05, 4.69) is 37.3 Å². The molecule has 4 N–H and O–H groups in total. The largest absolute Gasteiger partial charge is 0.338 e. The fourth-order valence-electron chi connectivity index (χ4n) is 4.82. The quantitative estimate of drug-likeness (QED) is 0.284. The number of rotatable bonds is 6. The molecule has 0 bridgehead atoms. The fourth-order valence-corrected chi connectivity index (χ4v) is 4.82. The Bertz CT molecular complexity index is 1720. The molecule has 0 saturated heterocycles. The van der Waals surface area contributed by atoms with Crippen LogP contribution in [0.5, 0.6) is 0 Å². The highest BCUT2D eigenvalue weighted by molar-refractivity contribution is 6.00. The number of likely N-dealkylation sites (N-methyl/N-ethyl adjacent to an activating group) is 1. The Morgan fingerprint density at radius 2 is 1.84 bits per heavy atom. The molecule has 2 aromatic carbocycles. The van der Waals surface area contributed by atoms with Crippen molar-refractivity contribution in [1.82, 2.24) is 30.0 Å². The molecular weight excluding hydrogens is 465 g/mol. The summed E-state index contributed by atoms with van der Waals surface area (Å²) >= 11 is 0. The van der Waals surface area contributed by atoms with E-state index in [4.69, 9.17) is 5.73 Å². The van der Waals surface area contributed by atoms with Crippen molar-refractivity contribution in [2.24, 2.45) is 5.73 Å². The number of aromatic nitrogens is 5. The second-order valence-corrected chi connectivity index (χ2v) is 9.52. The van der Waals surface area contributed by atoms with E-state index in [0.29, 0.717) is 12.2 Å². The summed E-state index contributed by atoms with van der Waals surface area (Å²) in [6.07, 6.45) is 5.33. The molecule has 8 heteroatoms. The van der Waals surface area contributed by atoms with Crippen molar-refractivity contribution in [3.63, 3.8) is 0 Å². The molecule has 0 aliphatic heterocycles. The molecule has 184 valence electrons. The van der Waals surface area contributed by atoms with Crippen LogP contribution in [0.4, 0.5) is 4.39 Å². The van der Waals surface area contributed by atoms with Gasteiger partial charge >= 0.3 is 0 Å². The summed E-state index contributed by atoms with van der Waals surface area (Å²) in [7, 11) is 3.90. The van der Waals surface area contributed by atoms with Gasteiger partial charge in [0.25, 0.3) is 0 Å². The number of H-pyrrole nitrogens is 2. The first-order valence-electron chi connectivity index (χ1n) is 12.0. The molecule has 0 spiro atoms. The highest BCUT2D eigenvalue weighted by Gasteiger charge is 2.17. The van der Waals surface area contributed by atoms with Crippen molar-refractivity contribution in [2.75, 3.05) is 20.6 Å². The van der Waals surface area contributed by atoms with E-state index in [1.807, 2.05) is 61.6 Å². The minimum atomic E-state index is -0.316. The van der Waals surface area contributed by atoms with Crippen LogP contribution in [-0.4, -0.2) is 50.7 Å². The summed E-state index contributed by atoms with van der Waals surface area (Å²) < 4.78 is 14.7. The number of hydrogen-bond donors (Lipinski definition) is 3. The number of hydrogen-bond acceptors (Lipinski definition) is 5. The Morgan fingerprint density at radius 1 is 0.946 bits per heavy atom. The Balaban J connectivity index is 1.45. The lowest BCUT2D eigenvalue weighted by atomic mass is 9.98. The Morgan fingerprint density at radius 3 is 2.65 bits per heavy atom. The molecule has 1 atom stereocenters. The molecular formula is C29H26FN7. The number of nitrogens with zero attached hydrogens (tertiary/aromatic N) is 4. The van der Waals surface area contributed by atoms with Crippen LogP contribution < -0.4 is 5.73 Å². The standard InChI is InChI=1S/C29H26FN7/c1-37(2)16-25(31)20-10-19(11-21(30)12-20)22-7-9-33-29-23(22)14-27(34-29)28-24-13-17(5-6-26(24)35-36-28)18-4-3-8-32-15-18/h3-15,25H,16,31H2,1-2H3,(H,33,34)(H,35,36). The zero-order chi connectivity index (χ0) is 25.5. The van der Waals surface area contributed by atoms with E-state index in [1.54, 1.807) is 12.4 Å². The fraction of sp³-hybridized carbons (Fsp3) is 0.138. The smallest absolute Gasteiger partial charge is 0.138 e. The van der Waals surface area contributed by atoms with Gasteiger partial charge in [0.15, 0.2) is 0 Å². The minimum Gasteiger partial charge on any atom is -0.338 e. The molecule has 6 aromatic rings. The first kappa shape index (κ1) is 23.0. The molecule has 6 rings (SSSR count). The first-order chi connectivity index (χ1) is 18.0. The molecule has 0 amide bonds. The van der Waals surface area contributed by atoms with Crippen LogP contribution in [0.25, 0.3) is 55.6 Å². The van der Waals surface area contributed by atoms with E-state index in [1.165, 1.54) is 12.1 Å². The lowest BCUT2D eigenvalue weighted by Crippen LogP contribution is -2.26. The molecule has 4 aromatic heterocycles. The van der Waals surface area contributed by atoms with E-state index in [0.717, 1.165) is 55.5 Å². The molecule has 1 unspecified atom stereocenters. The molecule has 0 radical (unpaired) electrons. The van der Waals surface area contributed by atoms with E-state index < -0.39 is 0 Å². The number of benzene rings is 2. The van der Waals surface area contributed by atoms with Crippen molar-refractivity contribution >= 4 is 21.9 Å². The Kier molecular flexibility index (Phi) is 5.75. The third-order valence-corrected chi connectivity index (χ3v) is 6.57. The van der Waals surface area contributed by atoms with Gasteiger partial charge in [-0.3, -0.25) is 10.1 Å². The van der Waals surface area contributed by atoms with Gasteiger partial charge in [-0.1, -0.05) is 12.1 Å². The first-order valence-corrected chi connectivity index (χ1v) is 12.0. The van der Waals surface area contributed by atoms with Gasteiger partial charge in [0.1, 0.15) is 17.2 Å². The Labute approximate surface area is 213 Å². The van der Waals surface area contributed by atoms with Gasteiger partial charge in [-0.25, -0.2) is 9.37 Å². The minimum absolute atomic E-state index is 0.298. The maximum Gasteiger partial charge on any atom is 0.138 e. The molecule has 37 heavy (non-hydrogen) atoms. The number of nitrogens with two attached hydrogens (primary N) is 1. The van der Waals surface area contributed by atoms with Crippen LogP contribution in [0.3, 0.4) is 0 Å². The van der Waals surface area contributed by atoms with Gasteiger partial charge in [0.2, 0.25) is 0 Å². The third-order valence-electron chi connectivity index (χ3n) is 6.57. The Hall–Kier alpha value is -4.40. The van der Waals surface area contributed by atoms with Crippen LogP contribution >= 0.6 is 0 Å². The van der Waals surface area contributed by atoms with Gasteiger partial charge < -0.3 is 15.6 Å². The van der Waals surface area contributed by atoms with Gasteiger partial charge in [0.05, 0.1) is 11.2 Å². The number of nitrogens with one attached hydrogen (secondary N) is 2. The summed E-state index contributed by atoms with van der Waals surface area (Å²) in [6, 6.07) is 18.8. The van der Waals surface area contributed by atoms with Crippen molar-refractivity contribution in [3.8, 4) is 33.6 Å². The highest BCUT2D eigenvalue weighted by Crippen LogP contribution is 2.35. The van der Waals surface area contributed by atoms with Crippen LogP contribution in [-0.2, 0) is 0 Å². The van der Waals surface area contributed by atoms with Crippen molar-refractivity contribution in [3.05, 3.63) is 90.6 Å². The third kappa shape index (κ3) is 4.37. The van der Waals surface area contributed by atoms with Crippen LogP contribution in [0, 0.1) is 5.82 Å². The molecule has 0 aliphatic rings. The maximum atomic E-state index is 14.7. The SMILES string of the molecule is CN(C)CC(N)c1cc(F)cc(-c2ccnc3[nH]c(-c4n[nH]c5ccc(-c6cccnc6)cc45)cc23)c1. The number of aromatic amines is 2. The number of pyridine rings is 2. The van der Waals surface area contributed by atoms with E-state index in [-0.39, 0.29) is 11.9 Å². The molecule has 7 nitrogen and oxygen atoms in total. The summed E-state index contributed by atoms with van der Waals surface area (Å²) in [5.41, 5.74) is 14.1. The zero-order valence-corrected chi connectivity index (χ0v) is 20.5. The van der Waals surface area contributed by atoms with E-state index >= 15 is 0 Å². The van der Waals surface area contributed by atoms with Crippen molar-refractivity contribution in [2.45, 2.75) is 6.04 Å². The lowest BCUT2D eigenvalue weighted by molar-refractivity contribution is 0.376. The number of halogens is 1. The second-order valence-electron chi connectivity index (χ2n) is 9.52. The monoisotopic (exact) mass is 491 g/mol. The predicted octanol–water partition coefficient (Wildman–Crippen LogP) is 5.54. The van der Waals surface area contributed by atoms with Gasteiger partial charge in [0, 0.05) is 47.5 Å². The van der Waals surface area contributed by atoms with Crippen LogP contribution in [0.1, 0.15) is 11.6 Å². The average Bonchev–Trinajstić information content (AvgIpc) is 3.52. The summed E-state index contributed by atoms with van der Waals surface area (Å²) in [6.45, 7) is 0.621. The summed E-state index contributed by atoms with van der Waals surface area (Å²) in [4.78, 5) is 14.2. The zero-order valence-electron chi connectivity index (χ0n) is 20.5. The summed E-state index contributed by atoms with van der Waals surface area (Å²) in [5.74, 6) is -0.316. The molecule has 0 saturated carbocycles. The topological polar surface area (TPSA) is 99.5 Å². The van der Waals surface area contributed by atoms with Gasteiger partial charge in [-0.2, -0.15) is 5.10 Å². The van der Waals surface area contributed by atoms with Crippen molar-refractivity contribution in [1.29, 1.82) is 0 Å². The van der Waals surface area contributed by atoms with Crippen LogP contribution in [0.2, 0.25) is 0 Å². The predicted molar refractivity (Wildman–Crippen MR) is 145 cm³/mol. The van der Waals surface area contributed by atoms with Crippen molar-refractivity contribution < 1.29 is 4.39 Å². The number of fused-ring (bicyclic) bond motifs is 2. The highest BCUT2D eigenvalue weighted by atomic mass is 19.1. The average molecular weight is 492 g/mol. The summed E-state index contributed by atoms with van der Waals surface area (Å²) in [5, 5.41) is 9.59. The maximum absolute atomic E-state index is 14.7. The van der Waals surface area contributed by atoms with Gasteiger partial charge in [-0.05, 0) is 84.9 Å². The normalized spacial score (nSPS) is 12.6. The molecule has 0 aliphatic carbocycles. The molecule has 4 heterocycles. The van der Waals surface area contributed by atoms with E-state index in [9.17, 15) is 4.39 Å².